The van der Waals surface area contributed by atoms with Crippen molar-refractivity contribution in [1.29, 1.82) is 0 Å². The number of amides is 2. The number of carbonyl (C=O) groups excluding carboxylic acids is 1. The Morgan fingerprint density at radius 2 is 2.31 bits per heavy atom. The summed E-state index contributed by atoms with van der Waals surface area (Å²) in [4.78, 5) is 15.8. The molecule has 2 amide bonds. The van der Waals surface area contributed by atoms with E-state index in [2.05, 4.69) is 5.59 Å². The van der Waals surface area contributed by atoms with E-state index in [0.717, 1.165) is 11.3 Å². The van der Waals surface area contributed by atoms with Gasteiger partial charge in [0.25, 0.3) is 0 Å². The van der Waals surface area contributed by atoms with Gasteiger partial charge in [0.15, 0.2) is 5.75 Å². The van der Waals surface area contributed by atoms with Crippen molar-refractivity contribution in [3.05, 3.63) is 29.8 Å². The molecular weight excluding hydrogens is 170 g/mol. The fourth-order valence-electron chi connectivity index (χ4n) is 1.16. The molecule has 5 heteroatoms. The van der Waals surface area contributed by atoms with Crippen molar-refractivity contribution >= 4 is 6.03 Å². The van der Waals surface area contributed by atoms with E-state index in [9.17, 15) is 4.79 Å². The molecule has 0 atom stereocenters. The Bertz CT molecular complexity index is 340. The number of hydrogen-bond donors (Lipinski definition) is 2. The van der Waals surface area contributed by atoms with Gasteiger partial charge in [0, 0.05) is 5.56 Å². The standard InChI is InChI=1S/C8H9N3O2/c9-8(12)11-5-6-3-1-2-4-7(6)13-10-11/h1-4,10H,5H2,(H2,9,12). The van der Waals surface area contributed by atoms with Crippen molar-refractivity contribution in [2.24, 2.45) is 5.73 Å². The molecule has 5 nitrogen and oxygen atoms in total. The molecular formula is C8H9N3O2. The molecule has 0 saturated heterocycles. The monoisotopic (exact) mass is 179 g/mol. The number of nitrogens with one attached hydrogen (secondary N) is 1. The maximum Gasteiger partial charge on any atom is 0.331 e. The van der Waals surface area contributed by atoms with Crippen molar-refractivity contribution < 1.29 is 9.63 Å². The summed E-state index contributed by atoms with van der Waals surface area (Å²) in [5, 5.41) is 1.20. The van der Waals surface area contributed by atoms with Gasteiger partial charge in [-0.05, 0) is 6.07 Å². The van der Waals surface area contributed by atoms with Crippen LogP contribution in [0.15, 0.2) is 24.3 Å². The average molecular weight is 179 g/mol. The van der Waals surface area contributed by atoms with Gasteiger partial charge in [0.05, 0.1) is 6.54 Å². The minimum atomic E-state index is -0.561. The van der Waals surface area contributed by atoms with Gasteiger partial charge < -0.3 is 10.6 Å². The molecule has 1 aromatic carbocycles. The van der Waals surface area contributed by atoms with Crippen LogP contribution < -0.4 is 16.2 Å². The second kappa shape index (κ2) is 2.95. The number of rotatable bonds is 0. The lowest BCUT2D eigenvalue weighted by atomic mass is 10.2. The number of nitrogens with two attached hydrogens (primary N) is 1. The summed E-state index contributed by atoms with van der Waals surface area (Å²) >= 11 is 0. The molecule has 1 aromatic rings. The summed E-state index contributed by atoms with van der Waals surface area (Å²) < 4.78 is 0. The quantitative estimate of drug-likeness (QED) is 0.605. The number of urea groups is 1. The predicted octanol–water partition coefficient (Wildman–Crippen LogP) is 0.379. The van der Waals surface area contributed by atoms with Crippen LogP contribution >= 0.6 is 0 Å². The number of nitrogens with zero attached hydrogens (tertiary/aromatic N) is 1. The van der Waals surface area contributed by atoms with Crippen LogP contribution in [-0.2, 0) is 6.54 Å². The number of carbonyl (C=O) groups is 1. The van der Waals surface area contributed by atoms with Gasteiger partial charge in [-0.25, -0.2) is 9.80 Å². The third kappa shape index (κ3) is 1.41. The summed E-state index contributed by atoms with van der Waals surface area (Å²) in [6, 6.07) is 6.88. The van der Waals surface area contributed by atoms with E-state index in [1.54, 1.807) is 0 Å². The van der Waals surface area contributed by atoms with Crippen molar-refractivity contribution in [2.45, 2.75) is 6.54 Å². The number of fused-ring (bicyclic) bond motifs is 1. The lowest BCUT2D eigenvalue weighted by Crippen LogP contribution is -2.49. The Kier molecular flexibility index (Phi) is 1.79. The maximum absolute atomic E-state index is 10.8. The summed E-state index contributed by atoms with van der Waals surface area (Å²) in [6.07, 6.45) is 0. The summed E-state index contributed by atoms with van der Waals surface area (Å²) in [6.45, 7) is 0.422. The van der Waals surface area contributed by atoms with E-state index in [-0.39, 0.29) is 0 Å². The minimum Gasteiger partial charge on any atom is -0.389 e. The Labute approximate surface area is 75.0 Å². The van der Waals surface area contributed by atoms with Crippen LogP contribution in [0.3, 0.4) is 0 Å². The largest absolute Gasteiger partial charge is 0.389 e. The van der Waals surface area contributed by atoms with Gasteiger partial charge in [-0.3, -0.25) is 0 Å². The van der Waals surface area contributed by atoms with E-state index in [1.165, 1.54) is 5.01 Å². The molecule has 0 aliphatic carbocycles. The van der Waals surface area contributed by atoms with E-state index >= 15 is 0 Å². The zero-order valence-electron chi connectivity index (χ0n) is 6.86. The molecule has 1 heterocycles. The highest BCUT2D eigenvalue weighted by atomic mass is 16.7. The molecule has 13 heavy (non-hydrogen) atoms. The first-order valence-electron chi connectivity index (χ1n) is 3.85. The molecule has 0 saturated carbocycles. The first-order chi connectivity index (χ1) is 6.27. The van der Waals surface area contributed by atoms with Crippen molar-refractivity contribution in [1.82, 2.24) is 10.6 Å². The molecule has 0 spiro atoms. The minimum absolute atomic E-state index is 0.422. The van der Waals surface area contributed by atoms with Crippen LogP contribution in [0.2, 0.25) is 0 Å². The first-order valence-corrected chi connectivity index (χ1v) is 3.85. The average Bonchev–Trinajstić information content (AvgIpc) is 2.17. The summed E-state index contributed by atoms with van der Waals surface area (Å²) in [5.74, 6) is 0.722. The van der Waals surface area contributed by atoms with Crippen LogP contribution in [0.5, 0.6) is 5.75 Å². The van der Waals surface area contributed by atoms with Gasteiger partial charge in [-0.2, -0.15) is 0 Å². The van der Waals surface area contributed by atoms with E-state index < -0.39 is 6.03 Å². The molecule has 1 aliphatic rings. The second-order valence-corrected chi connectivity index (χ2v) is 2.73. The lowest BCUT2D eigenvalue weighted by molar-refractivity contribution is 0.0112. The maximum atomic E-state index is 10.8. The van der Waals surface area contributed by atoms with Gasteiger partial charge in [0.1, 0.15) is 0 Å². The zero-order chi connectivity index (χ0) is 9.26. The molecule has 0 radical (unpaired) electrons. The van der Waals surface area contributed by atoms with Crippen molar-refractivity contribution in [3.63, 3.8) is 0 Å². The molecule has 68 valence electrons. The van der Waals surface area contributed by atoms with Gasteiger partial charge in [-0.15, -0.1) is 0 Å². The van der Waals surface area contributed by atoms with E-state index in [4.69, 9.17) is 10.6 Å². The SMILES string of the molecule is NC(=O)N1Cc2ccccc2ON1. The van der Waals surface area contributed by atoms with Gasteiger partial charge in [0.2, 0.25) is 0 Å². The topological polar surface area (TPSA) is 67.6 Å². The van der Waals surface area contributed by atoms with Gasteiger partial charge in [-0.1, -0.05) is 23.8 Å². The molecule has 1 aliphatic heterocycles. The number of primary amides is 1. The number of hydrazine groups is 1. The fourth-order valence-corrected chi connectivity index (χ4v) is 1.16. The highest BCUT2D eigenvalue weighted by Crippen LogP contribution is 2.21. The predicted molar refractivity (Wildman–Crippen MR) is 45.3 cm³/mol. The second-order valence-electron chi connectivity index (χ2n) is 2.73. The number of benzene rings is 1. The molecule has 0 bridgehead atoms. The van der Waals surface area contributed by atoms with Crippen LogP contribution in [0.25, 0.3) is 0 Å². The normalized spacial score (nSPS) is 14.6. The fraction of sp³-hybridized carbons (Fsp3) is 0.125. The highest BCUT2D eigenvalue weighted by Gasteiger charge is 2.18. The Morgan fingerprint density at radius 1 is 1.54 bits per heavy atom. The molecule has 0 unspecified atom stereocenters. The lowest BCUT2D eigenvalue weighted by Gasteiger charge is -2.27. The van der Waals surface area contributed by atoms with Crippen molar-refractivity contribution in [2.75, 3.05) is 0 Å². The van der Waals surface area contributed by atoms with E-state index in [1.807, 2.05) is 24.3 Å². The summed E-state index contributed by atoms with van der Waals surface area (Å²) in [7, 11) is 0. The zero-order valence-corrected chi connectivity index (χ0v) is 6.86. The van der Waals surface area contributed by atoms with Crippen LogP contribution in [0, 0.1) is 0 Å². The molecule has 0 fully saturated rings. The molecule has 0 aromatic heterocycles. The first kappa shape index (κ1) is 7.88. The van der Waals surface area contributed by atoms with Crippen LogP contribution in [0.4, 0.5) is 4.79 Å². The van der Waals surface area contributed by atoms with E-state index in [0.29, 0.717) is 6.54 Å². The Balaban J connectivity index is 2.24. The number of hydrogen-bond acceptors (Lipinski definition) is 3. The Hall–Kier alpha value is -1.75. The highest BCUT2D eigenvalue weighted by molar-refractivity contribution is 5.71. The smallest absolute Gasteiger partial charge is 0.331 e. The summed E-state index contributed by atoms with van der Waals surface area (Å²) in [5.41, 5.74) is 8.43. The van der Waals surface area contributed by atoms with Crippen LogP contribution in [0.1, 0.15) is 5.56 Å². The number of para-hydroxylation sites is 1. The Morgan fingerprint density at radius 3 is 3.08 bits per heavy atom. The molecule has 3 N–H and O–H groups in total. The molecule has 2 rings (SSSR count). The third-order valence-electron chi connectivity index (χ3n) is 1.83. The van der Waals surface area contributed by atoms with Crippen LogP contribution in [-0.4, -0.2) is 11.0 Å². The third-order valence-corrected chi connectivity index (χ3v) is 1.83. The van der Waals surface area contributed by atoms with Crippen molar-refractivity contribution in [3.8, 4) is 5.75 Å². The van der Waals surface area contributed by atoms with Gasteiger partial charge >= 0.3 is 6.03 Å².